The largest absolute Gasteiger partial charge is 0.299 e. The first-order valence-corrected chi connectivity index (χ1v) is 6.60. The van der Waals surface area contributed by atoms with Crippen LogP contribution in [0.15, 0.2) is 18.2 Å². The molecule has 2 heteroatoms. The molecule has 0 fully saturated rings. The van der Waals surface area contributed by atoms with Crippen molar-refractivity contribution < 1.29 is 4.79 Å². The van der Waals surface area contributed by atoms with Crippen molar-refractivity contribution in [3.63, 3.8) is 0 Å². The summed E-state index contributed by atoms with van der Waals surface area (Å²) >= 11 is 1.73. The predicted octanol–water partition coefficient (Wildman–Crippen LogP) is 3.17. The zero-order valence-corrected chi connectivity index (χ0v) is 10.5. The Balaban J connectivity index is 2.68. The van der Waals surface area contributed by atoms with Crippen LogP contribution in [0.5, 0.6) is 0 Å². The summed E-state index contributed by atoms with van der Waals surface area (Å²) in [7, 11) is 0. The number of benzene rings is 1. The van der Waals surface area contributed by atoms with E-state index in [1.165, 1.54) is 16.7 Å². The molecule has 0 aliphatic rings. The average Bonchev–Trinajstić information content (AvgIpc) is 2.21. The molecule has 0 aliphatic heterocycles. The third-order valence-corrected chi connectivity index (χ3v) is 3.22. The minimum Gasteiger partial charge on any atom is -0.299 e. The van der Waals surface area contributed by atoms with E-state index in [1.54, 1.807) is 11.8 Å². The number of rotatable bonds is 5. The molecule has 0 saturated carbocycles. The third kappa shape index (κ3) is 3.71. The van der Waals surface area contributed by atoms with Gasteiger partial charge in [0.15, 0.2) is 0 Å². The summed E-state index contributed by atoms with van der Waals surface area (Å²) in [5, 5.41) is 0. The summed E-state index contributed by atoms with van der Waals surface area (Å²) in [5.74, 6) is 1.28. The van der Waals surface area contributed by atoms with Crippen molar-refractivity contribution in [2.24, 2.45) is 0 Å². The van der Waals surface area contributed by atoms with Crippen LogP contribution in [-0.4, -0.2) is 17.8 Å². The van der Waals surface area contributed by atoms with Crippen LogP contribution in [0, 0.1) is 13.8 Å². The molecule has 0 atom stereocenters. The minimum atomic E-state index is 0.349. The van der Waals surface area contributed by atoms with E-state index in [9.17, 15) is 4.79 Å². The highest BCUT2D eigenvalue weighted by molar-refractivity contribution is 7.98. The Morgan fingerprint density at radius 2 is 1.87 bits per heavy atom. The Labute approximate surface area is 96.3 Å². The molecule has 0 heterocycles. The topological polar surface area (TPSA) is 17.1 Å². The summed E-state index contributed by atoms with van der Waals surface area (Å²) in [4.78, 5) is 11.7. The number of hydrogen-bond acceptors (Lipinski definition) is 2. The van der Waals surface area contributed by atoms with Crippen molar-refractivity contribution in [2.45, 2.75) is 26.7 Å². The van der Waals surface area contributed by atoms with Gasteiger partial charge in [0.1, 0.15) is 5.78 Å². The van der Waals surface area contributed by atoms with Gasteiger partial charge in [-0.15, -0.1) is 0 Å². The summed E-state index contributed by atoms with van der Waals surface area (Å²) in [5.41, 5.74) is 3.67. The number of aryl methyl sites for hydroxylation is 2. The molecule has 82 valence electrons. The van der Waals surface area contributed by atoms with Crippen LogP contribution in [0.3, 0.4) is 0 Å². The Hall–Kier alpha value is -0.760. The van der Waals surface area contributed by atoms with Gasteiger partial charge >= 0.3 is 0 Å². The molecule has 0 bridgehead atoms. The number of ketones is 1. The van der Waals surface area contributed by atoms with Gasteiger partial charge in [0.2, 0.25) is 0 Å². The van der Waals surface area contributed by atoms with E-state index in [2.05, 4.69) is 26.0 Å². The first-order chi connectivity index (χ1) is 7.15. The maximum atomic E-state index is 11.7. The molecule has 0 spiro atoms. The van der Waals surface area contributed by atoms with Crippen molar-refractivity contribution >= 4 is 17.5 Å². The SMILES string of the molecule is CSCCC(=O)Cc1c(C)cccc1C. The van der Waals surface area contributed by atoms with Crippen molar-refractivity contribution in [1.82, 2.24) is 0 Å². The molecule has 0 aliphatic carbocycles. The van der Waals surface area contributed by atoms with Gasteiger partial charge in [-0.05, 0) is 42.5 Å². The minimum absolute atomic E-state index is 0.349. The van der Waals surface area contributed by atoms with E-state index in [-0.39, 0.29) is 0 Å². The molecule has 1 aromatic carbocycles. The molecule has 0 N–H and O–H groups in total. The van der Waals surface area contributed by atoms with E-state index in [0.29, 0.717) is 18.6 Å². The van der Waals surface area contributed by atoms with Crippen LogP contribution in [-0.2, 0) is 11.2 Å². The lowest BCUT2D eigenvalue weighted by Gasteiger charge is -2.08. The van der Waals surface area contributed by atoms with Crippen LogP contribution < -0.4 is 0 Å². The highest BCUT2D eigenvalue weighted by Crippen LogP contribution is 2.15. The van der Waals surface area contributed by atoms with Gasteiger partial charge < -0.3 is 0 Å². The molecule has 1 rings (SSSR count). The molecular formula is C13H18OS. The standard InChI is InChI=1S/C13H18OS/c1-10-5-4-6-11(2)13(10)9-12(14)7-8-15-3/h4-6H,7-9H2,1-3H3. The van der Waals surface area contributed by atoms with Crippen molar-refractivity contribution in [3.8, 4) is 0 Å². The summed E-state index contributed by atoms with van der Waals surface area (Å²) in [6.07, 6.45) is 3.32. The van der Waals surface area contributed by atoms with Gasteiger partial charge in [0.25, 0.3) is 0 Å². The third-order valence-electron chi connectivity index (χ3n) is 2.60. The van der Waals surface area contributed by atoms with Gasteiger partial charge in [-0.25, -0.2) is 0 Å². The van der Waals surface area contributed by atoms with Crippen LogP contribution in [0.1, 0.15) is 23.1 Å². The van der Waals surface area contributed by atoms with Crippen molar-refractivity contribution in [2.75, 3.05) is 12.0 Å². The van der Waals surface area contributed by atoms with Gasteiger partial charge in [-0.3, -0.25) is 4.79 Å². The molecule has 0 unspecified atom stereocenters. The van der Waals surface area contributed by atoms with Gasteiger partial charge in [0, 0.05) is 12.8 Å². The lowest BCUT2D eigenvalue weighted by molar-refractivity contribution is -0.118. The lowest BCUT2D eigenvalue weighted by atomic mass is 9.97. The van der Waals surface area contributed by atoms with Crippen molar-refractivity contribution in [3.05, 3.63) is 34.9 Å². The fourth-order valence-corrected chi connectivity index (χ4v) is 2.06. The van der Waals surface area contributed by atoms with Crippen molar-refractivity contribution in [1.29, 1.82) is 0 Å². The average molecular weight is 222 g/mol. The number of Topliss-reactive ketones (excluding diaryl/α,β-unsaturated/α-hetero) is 1. The molecular weight excluding hydrogens is 204 g/mol. The number of thioether (sulfide) groups is 1. The first-order valence-electron chi connectivity index (χ1n) is 5.21. The maximum Gasteiger partial charge on any atom is 0.138 e. The quantitative estimate of drug-likeness (QED) is 0.761. The molecule has 1 aromatic rings. The van der Waals surface area contributed by atoms with Crippen LogP contribution >= 0.6 is 11.8 Å². The van der Waals surface area contributed by atoms with E-state index in [0.717, 1.165) is 5.75 Å². The second-order valence-electron chi connectivity index (χ2n) is 3.83. The van der Waals surface area contributed by atoms with Gasteiger partial charge in [-0.2, -0.15) is 11.8 Å². The molecule has 15 heavy (non-hydrogen) atoms. The predicted molar refractivity (Wildman–Crippen MR) is 67.6 cm³/mol. The van der Waals surface area contributed by atoms with Crippen LogP contribution in [0.2, 0.25) is 0 Å². The van der Waals surface area contributed by atoms with E-state index in [1.807, 2.05) is 12.3 Å². The lowest BCUT2D eigenvalue weighted by Crippen LogP contribution is -2.06. The van der Waals surface area contributed by atoms with Gasteiger partial charge in [0.05, 0.1) is 0 Å². The Kier molecular flexibility index (Phi) is 4.89. The normalized spacial score (nSPS) is 10.3. The Morgan fingerprint density at radius 3 is 2.40 bits per heavy atom. The highest BCUT2D eigenvalue weighted by atomic mass is 32.2. The Bertz CT molecular complexity index is 324. The maximum absolute atomic E-state index is 11.7. The molecule has 0 radical (unpaired) electrons. The number of carbonyl (C=O) groups is 1. The van der Waals surface area contributed by atoms with Crippen LogP contribution in [0.4, 0.5) is 0 Å². The second-order valence-corrected chi connectivity index (χ2v) is 4.81. The Morgan fingerprint density at radius 1 is 1.27 bits per heavy atom. The summed E-state index contributed by atoms with van der Waals surface area (Å²) < 4.78 is 0. The zero-order valence-electron chi connectivity index (χ0n) is 9.67. The molecule has 0 amide bonds. The highest BCUT2D eigenvalue weighted by Gasteiger charge is 2.07. The summed E-state index contributed by atoms with van der Waals surface area (Å²) in [6.45, 7) is 4.15. The monoisotopic (exact) mass is 222 g/mol. The zero-order chi connectivity index (χ0) is 11.3. The van der Waals surface area contributed by atoms with Crippen LogP contribution in [0.25, 0.3) is 0 Å². The molecule has 1 nitrogen and oxygen atoms in total. The first kappa shape index (κ1) is 12.3. The second kappa shape index (κ2) is 5.96. The fourth-order valence-electron chi connectivity index (χ4n) is 1.63. The molecule has 0 saturated heterocycles. The van der Waals surface area contributed by atoms with Gasteiger partial charge in [-0.1, -0.05) is 18.2 Å². The summed E-state index contributed by atoms with van der Waals surface area (Å²) in [6, 6.07) is 6.19. The number of carbonyl (C=O) groups excluding carboxylic acids is 1. The smallest absolute Gasteiger partial charge is 0.138 e. The van der Waals surface area contributed by atoms with E-state index >= 15 is 0 Å². The van der Waals surface area contributed by atoms with E-state index in [4.69, 9.17) is 0 Å². The fraction of sp³-hybridized carbons (Fsp3) is 0.462. The molecule has 0 aromatic heterocycles. The number of hydrogen-bond donors (Lipinski definition) is 0. The van der Waals surface area contributed by atoms with E-state index < -0.39 is 0 Å².